The van der Waals surface area contributed by atoms with Crippen LogP contribution in [0.3, 0.4) is 0 Å². The van der Waals surface area contributed by atoms with E-state index in [0.717, 1.165) is 0 Å². The Morgan fingerprint density at radius 1 is 0.909 bits per heavy atom. The number of primary amides is 1. The zero-order valence-electron chi connectivity index (χ0n) is 11.5. The van der Waals surface area contributed by atoms with Crippen LogP contribution in [0.1, 0.15) is 26.3 Å². The number of amides is 1. The van der Waals surface area contributed by atoms with Crippen LogP contribution in [0.5, 0.6) is 0 Å². The van der Waals surface area contributed by atoms with Crippen LogP contribution in [-0.2, 0) is 4.79 Å². The Labute approximate surface area is 126 Å². The molecular formula is C17H12N2O3. The average Bonchev–Trinajstić information content (AvgIpc) is 2.53. The van der Waals surface area contributed by atoms with Gasteiger partial charge in [-0.25, -0.2) is 0 Å². The van der Waals surface area contributed by atoms with Crippen LogP contribution in [0.4, 0.5) is 5.69 Å². The van der Waals surface area contributed by atoms with E-state index in [9.17, 15) is 14.4 Å². The van der Waals surface area contributed by atoms with Crippen molar-refractivity contribution in [1.82, 2.24) is 0 Å². The largest absolute Gasteiger partial charge is 0.366 e. The summed E-state index contributed by atoms with van der Waals surface area (Å²) in [4.78, 5) is 35.2. The molecule has 0 aliphatic heterocycles. The molecule has 3 rings (SSSR count). The highest BCUT2D eigenvalue weighted by molar-refractivity contribution is 6.50. The van der Waals surface area contributed by atoms with E-state index in [1.165, 1.54) is 6.08 Å². The van der Waals surface area contributed by atoms with Gasteiger partial charge in [-0.15, -0.1) is 0 Å². The van der Waals surface area contributed by atoms with E-state index in [2.05, 4.69) is 5.32 Å². The van der Waals surface area contributed by atoms with Gasteiger partial charge in [0.1, 0.15) is 0 Å². The predicted octanol–water partition coefficient (Wildman–Crippen LogP) is 2.00. The van der Waals surface area contributed by atoms with Gasteiger partial charge in [-0.2, -0.15) is 0 Å². The Morgan fingerprint density at radius 3 is 2.27 bits per heavy atom. The van der Waals surface area contributed by atoms with E-state index in [1.807, 2.05) is 0 Å². The number of para-hydroxylation sites is 1. The van der Waals surface area contributed by atoms with E-state index < -0.39 is 17.5 Å². The second kappa shape index (κ2) is 5.29. The fraction of sp³-hybridized carbons (Fsp3) is 0. The van der Waals surface area contributed by atoms with Crippen molar-refractivity contribution in [3.05, 3.63) is 71.3 Å². The number of rotatable bonds is 3. The SMILES string of the molecule is NC(=O)c1ccccc1NC1=CC(=O)C(=O)c2ccccc21. The summed E-state index contributed by atoms with van der Waals surface area (Å²) in [5.74, 6) is -1.71. The summed E-state index contributed by atoms with van der Waals surface area (Å²) in [7, 11) is 0. The van der Waals surface area contributed by atoms with E-state index in [4.69, 9.17) is 5.73 Å². The molecule has 1 aliphatic carbocycles. The standard InChI is InChI=1S/C17H12N2O3/c18-17(22)12-7-3-4-8-13(12)19-14-9-15(20)16(21)11-6-2-1-5-10(11)14/h1-9,19H,(H2,18,22). The lowest BCUT2D eigenvalue weighted by molar-refractivity contribution is -0.111. The molecule has 0 saturated carbocycles. The van der Waals surface area contributed by atoms with Crippen molar-refractivity contribution in [2.75, 3.05) is 5.32 Å². The van der Waals surface area contributed by atoms with Crippen molar-refractivity contribution < 1.29 is 14.4 Å². The fourth-order valence-electron chi connectivity index (χ4n) is 2.38. The Kier molecular flexibility index (Phi) is 3.31. The van der Waals surface area contributed by atoms with E-state index in [1.54, 1.807) is 48.5 Å². The summed E-state index contributed by atoms with van der Waals surface area (Å²) >= 11 is 0. The summed E-state index contributed by atoms with van der Waals surface area (Å²) in [5, 5.41) is 3.03. The van der Waals surface area contributed by atoms with Gasteiger partial charge in [-0.1, -0.05) is 36.4 Å². The maximum atomic E-state index is 11.9. The molecule has 0 bridgehead atoms. The number of benzene rings is 2. The maximum absolute atomic E-state index is 11.9. The fourth-order valence-corrected chi connectivity index (χ4v) is 2.38. The number of nitrogens with one attached hydrogen (secondary N) is 1. The van der Waals surface area contributed by atoms with Gasteiger partial charge in [0, 0.05) is 17.2 Å². The number of nitrogens with two attached hydrogens (primary N) is 1. The lowest BCUT2D eigenvalue weighted by Gasteiger charge is -2.18. The number of hydrogen-bond donors (Lipinski definition) is 2. The van der Waals surface area contributed by atoms with Crippen molar-refractivity contribution in [2.45, 2.75) is 0 Å². The Balaban J connectivity index is 2.07. The van der Waals surface area contributed by atoms with E-state index in [-0.39, 0.29) is 0 Å². The van der Waals surface area contributed by atoms with Gasteiger partial charge in [-0.05, 0) is 12.1 Å². The minimum Gasteiger partial charge on any atom is -0.366 e. The first-order chi connectivity index (χ1) is 10.6. The minimum atomic E-state index is -0.599. The van der Waals surface area contributed by atoms with Gasteiger partial charge in [0.15, 0.2) is 0 Å². The third-order valence-electron chi connectivity index (χ3n) is 3.42. The van der Waals surface area contributed by atoms with Crippen LogP contribution in [0.25, 0.3) is 5.70 Å². The molecule has 0 unspecified atom stereocenters. The molecule has 0 heterocycles. The predicted molar refractivity (Wildman–Crippen MR) is 82.3 cm³/mol. The molecule has 0 atom stereocenters. The molecule has 108 valence electrons. The number of allylic oxidation sites excluding steroid dienone is 1. The number of hydrogen-bond acceptors (Lipinski definition) is 4. The molecule has 2 aromatic rings. The molecule has 0 spiro atoms. The van der Waals surface area contributed by atoms with Crippen molar-refractivity contribution in [1.29, 1.82) is 0 Å². The molecule has 22 heavy (non-hydrogen) atoms. The molecular weight excluding hydrogens is 280 g/mol. The molecule has 0 aromatic heterocycles. The molecule has 1 amide bonds. The van der Waals surface area contributed by atoms with Crippen LogP contribution < -0.4 is 11.1 Å². The molecule has 0 radical (unpaired) electrons. The third kappa shape index (κ3) is 2.29. The number of Topliss-reactive ketones (excluding diaryl/α,β-unsaturated/α-hetero) is 1. The van der Waals surface area contributed by atoms with Crippen LogP contribution in [-0.4, -0.2) is 17.5 Å². The number of carbonyl (C=O) groups is 3. The third-order valence-corrected chi connectivity index (χ3v) is 3.42. The normalized spacial score (nSPS) is 13.4. The summed E-state index contributed by atoms with van der Waals surface area (Å²) < 4.78 is 0. The topological polar surface area (TPSA) is 89.3 Å². The number of carbonyl (C=O) groups excluding carboxylic acids is 3. The highest BCUT2D eigenvalue weighted by atomic mass is 16.2. The van der Waals surface area contributed by atoms with Crippen molar-refractivity contribution >= 4 is 28.9 Å². The zero-order chi connectivity index (χ0) is 15.7. The first kappa shape index (κ1) is 13.8. The van der Waals surface area contributed by atoms with Crippen molar-refractivity contribution in [3.63, 3.8) is 0 Å². The highest BCUT2D eigenvalue weighted by Crippen LogP contribution is 2.27. The average molecular weight is 292 g/mol. The lowest BCUT2D eigenvalue weighted by Crippen LogP contribution is -2.21. The summed E-state index contributed by atoms with van der Waals surface area (Å²) in [6.07, 6.45) is 1.24. The van der Waals surface area contributed by atoms with Gasteiger partial charge in [0.25, 0.3) is 5.91 Å². The quantitative estimate of drug-likeness (QED) is 0.847. The van der Waals surface area contributed by atoms with Crippen LogP contribution in [0.15, 0.2) is 54.6 Å². The van der Waals surface area contributed by atoms with Crippen molar-refractivity contribution in [2.24, 2.45) is 5.73 Å². The summed E-state index contributed by atoms with van der Waals surface area (Å²) in [5.41, 5.74) is 7.56. The zero-order valence-corrected chi connectivity index (χ0v) is 11.5. The Hall–Kier alpha value is -3.21. The number of anilines is 1. The summed E-state index contributed by atoms with van der Waals surface area (Å²) in [6.45, 7) is 0. The highest BCUT2D eigenvalue weighted by Gasteiger charge is 2.25. The van der Waals surface area contributed by atoms with Gasteiger partial charge in [-0.3, -0.25) is 14.4 Å². The molecule has 5 nitrogen and oxygen atoms in total. The van der Waals surface area contributed by atoms with Crippen molar-refractivity contribution in [3.8, 4) is 0 Å². The first-order valence-electron chi connectivity index (χ1n) is 6.63. The van der Waals surface area contributed by atoms with Gasteiger partial charge in [0.05, 0.1) is 16.9 Å². The molecule has 5 heteroatoms. The Bertz CT molecular complexity index is 837. The van der Waals surface area contributed by atoms with E-state index in [0.29, 0.717) is 28.1 Å². The second-order valence-electron chi connectivity index (χ2n) is 4.83. The number of ketones is 2. The van der Waals surface area contributed by atoms with Gasteiger partial charge in [0.2, 0.25) is 11.6 Å². The van der Waals surface area contributed by atoms with Crippen LogP contribution >= 0.6 is 0 Å². The lowest BCUT2D eigenvalue weighted by atomic mass is 9.92. The number of fused-ring (bicyclic) bond motifs is 1. The molecule has 0 saturated heterocycles. The Morgan fingerprint density at radius 2 is 1.55 bits per heavy atom. The molecule has 1 aliphatic rings. The first-order valence-corrected chi connectivity index (χ1v) is 6.63. The monoisotopic (exact) mass is 292 g/mol. The smallest absolute Gasteiger partial charge is 0.250 e. The summed E-state index contributed by atoms with van der Waals surface area (Å²) in [6, 6.07) is 13.5. The van der Waals surface area contributed by atoms with Gasteiger partial charge < -0.3 is 11.1 Å². The minimum absolute atomic E-state index is 0.310. The van der Waals surface area contributed by atoms with E-state index >= 15 is 0 Å². The van der Waals surface area contributed by atoms with Gasteiger partial charge >= 0.3 is 0 Å². The molecule has 0 fully saturated rings. The molecule has 3 N–H and O–H groups in total. The van der Waals surface area contributed by atoms with Crippen LogP contribution in [0.2, 0.25) is 0 Å². The molecule has 2 aromatic carbocycles. The second-order valence-corrected chi connectivity index (χ2v) is 4.83. The van der Waals surface area contributed by atoms with Crippen LogP contribution in [0, 0.1) is 0 Å². The maximum Gasteiger partial charge on any atom is 0.250 e.